The number of anilines is 3. The molecule has 1 aliphatic rings. The fraction of sp³-hybridized carbons (Fsp3) is 0.143. The van der Waals surface area contributed by atoms with E-state index in [4.69, 9.17) is 4.74 Å². The van der Waals surface area contributed by atoms with Gasteiger partial charge in [0.15, 0.2) is 0 Å². The van der Waals surface area contributed by atoms with Crippen molar-refractivity contribution in [3.05, 3.63) is 78.5 Å². The van der Waals surface area contributed by atoms with Crippen molar-refractivity contribution in [2.24, 2.45) is 0 Å². The van der Waals surface area contributed by atoms with Crippen LogP contribution < -0.4 is 15.0 Å². The van der Waals surface area contributed by atoms with Crippen molar-refractivity contribution in [1.29, 1.82) is 0 Å². The number of nitrogens with zero attached hydrogens (tertiary/aromatic N) is 2. The van der Waals surface area contributed by atoms with E-state index in [1.54, 1.807) is 18.2 Å². The molecular formula is C21H16F3N3O2. The number of aromatic nitrogens is 1. The minimum absolute atomic E-state index is 0.00383. The van der Waals surface area contributed by atoms with Crippen LogP contribution >= 0.6 is 0 Å². The van der Waals surface area contributed by atoms with E-state index in [9.17, 15) is 18.0 Å². The first kappa shape index (κ1) is 18.8. The van der Waals surface area contributed by atoms with Crippen LogP contribution in [0.3, 0.4) is 0 Å². The van der Waals surface area contributed by atoms with Gasteiger partial charge in [0.05, 0.1) is 12.8 Å². The SMILES string of the molecule is COc1ccc(NC2(C(F)(F)F)C(=O)c3ccccc3N2c2ccccn2)cc1. The molecule has 1 unspecified atom stereocenters. The summed E-state index contributed by atoms with van der Waals surface area (Å²) in [6, 6.07) is 16.5. The highest BCUT2D eigenvalue weighted by Crippen LogP contribution is 2.50. The molecule has 0 spiro atoms. The molecule has 5 nitrogen and oxygen atoms in total. The number of carbonyl (C=O) groups excluding carboxylic acids is 1. The lowest BCUT2D eigenvalue weighted by molar-refractivity contribution is -0.161. The zero-order valence-corrected chi connectivity index (χ0v) is 15.3. The lowest BCUT2D eigenvalue weighted by atomic mass is 10.0. The van der Waals surface area contributed by atoms with Gasteiger partial charge in [-0.1, -0.05) is 18.2 Å². The number of carbonyl (C=O) groups is 1. The van der Waals surface area contributed by atoms with Crippen molar-refractivity contribution in [3.8, 4) is 5.75 Å². The van der Waals surface area contributed by atoms with Gasteiger partial charge in [0.1, 0.15) is 11.6 Å². The molecule has 148 valence electrons. The van der Waals surface area contributed by atoms with Crippen molar-refractivity contribution in [2.75, 3.05) is 17.3 Å². The molecule has 2 heterocycles. The average molecular weight is 399 g/mol. The van der Waals surface area contributed by atoms with Gasteiger partial charge in [-0.2, -0.15) is 13.2 Å². The molecule has 0 fully saturated rings. The van der Waals surface area contributed by atoms with E-state index in [1.165, 1.54) is 61.8 Å². The van der Waals surface area contributed by atoms with Crippen molar-refractivity contribution < 1.29 is 22.7 Å². The highest BCUT2D eigenvalue weighted by atomic mass is 19.4. The maximum atomic E-state index is 14.6. The Morgan fingerprint density at radius 2 is 1.69 bits per heavy atom. The molecule has 8 heteroatoms. The molecule has 2 aromatic carbocycles. The number of ether oxygens (including phenoxy) is 1. The number of para-hydroxylation sites is 1. The lowest BCUT2D eigenvalue weighted by Gasteiger charge is -2.40. The minimum Gasteiger partial charge on any atom is -0.497 e. The molecule has 3 aromatic rings. The Kier molecular flexibility index (Phi) is 4.41. The van der Waals surface area contributed by atoms with Gasteiger partial charge in [0.25, 0.3) is 5.66 Å². The second-order valence-corrected chi connectivity index (χ2v) is 6.43. The van der Waals surface area contributed by atoms with Gasteiger partial charge in [-0.25, -0.2) is 4.98 Å². The zero-order valence-electron chi connectivity index (χ0n) is 15.3. The third kappa shape index (κ3) is 2.88. The van der Waals surface area contributed by atoms with Crippen LogP contribution in [0.2, 0.25) is 0 Å². The first-order valence-corrected chi connectivity index (χ1v) is 8.72. The summed E-state index contributed by atoms with van der Waals surface area (Å²) < 4.78 is 48.9. The molecule has 0 radical (unpaired) electrons. The fourth-order valence-corrected chi connectivity index (χ4v) is 3.44. The first-order valence-electron chi connectivity index (χ1n) is 8.72. The third-order valence-electron chi connectivity index (χ3n) is 4.76. The molecule has 1 aromatic heterocycles. The number of rotatable bonds is 4. The Labute approximate surface area is 164 Å². The number of alkyl halides is 3. The summed E-state index contributed by atoms with van der Waals surface area (Å²) in [5.41, 5.74) is -2.82. The first-order chi connectivity index (χ1) is 13.9. The summed E-state index contributed by atoms with van der Waals surface area (Å²) in [6.45, 7) is 0. The smallest absolute Gasteiger partial charge is 0.438 e. The monoisotopic (exact) mass is 399 g/mol. The molecule has 0 saturated carbocycles. The second kappa shape index (κ2) is 6.80. The van der Waals surface area contributed by atoms with E-state index in [2.05, 4.69) is 10.3 Å². The Balaban J connectivity index is 1.93. The number of pyridine rings is 1. The summed E-state index contributed by atoms with van der Waals surface area (Å²) >= 11 is 0. The molecule has 1 N–H and O–H groups in total. The summed E-state index contributed by atoms with van der Waals surface area (Å²) in [5.74, 6) is -0.606. The van der Waals surface area contributed by atoms with Crippen LogP contribution in [-0.4, -0.2) is 29.7 Å². The van der Waals surface area contributed by atoms with Gasteiger partial charge >= 0.3 is 6.18 Å². The van der Waals surface area contributed by atoms with E-state index < -0.39 is 17.6 Å². The number of nitrogens with one attached hydrogen (secondary N) is 1. The van der Waals surface area contributed by atoms with E-state index >= 15 is 0 Å². The Morgan fingerprint density at radius 1 is 1.00 bits per heavy atom. The molecule has 1 atom stereocenters. The van der Waals surface area contributed by atoms with Crippen LogP contribution in [0.5, 0.6) is 5.75 Å². The Morgan fingerprint density at radius 3 is 2.31 bits per heavy atom. The average Bonchev–Trinajstić information content (AvgIpc) is 2.98. The highest BCUT2D eigenvalue weighted by Gasteiger charge is 2.69. The standard InChI is InChI=1S/C21H16F3N3O2/c1-29-15-11-9-14(10-12-15)26-20(21(22,23)24)19(28)16-6-2-3-7-17(16)27(20)18-8-4-5-13-25-18/h2-13,26H,1H3. The van der Waals surface area contributed by atoms with E-state index in [1.807, 2.05) is 0 Å². The molecular weight excluding hydrogens is 383 g/mol. The third-order valence-corrected chi connectivity index (χ3v) is 4.76. The van der Waals surface area contributed by atoms with E-state index in [-0.39, 0.29) is 22.8 Å². The maximum absolute atomic E-state index is 14.6. The Hall–Kier alpha value is -3.55. The molecule has 0 saturated heterocycles. The van der Waals surface area contributed by atoms with Crippen LogP contribution in [0.15, 0.2) is 72.9 Å². The van der Waals surface area contributed by atoms with Gasteiger partial charge in [0.2, 0.25) is 5.78 Å². The number of ketones is 1. The number of benzene rings is 2. The Bertz CT molecular complexity index is 1040. The number of fused-ring (bicyclic) bond motifs is 1. The fourth-order valence-electron chi connectivity index (χ4n) is 3.44. The number of Topliss-reactive ketones (excluding diaryl/α,β-unsaturated/α-hetero) is 1. The molecule has 29 heavy (non-hydrogen) atoms. The van der Waals surface area contributed by atoms with Crippen LogP contribution in [0.25, 0.3) is 0 Å². The van der Waals surface area contributed by atoms with Crippen LogP contribution in [0, 0.1) is 0 Å². The van der Waals surface area contributed by atoms with Gasteiger partial charge in [-0.05, 0) is 48.5 Å². The predicted octanol–water partition coefficient (Wildman–Crippen LogP) is 4.80. The van der Waals surface area contributed by atoms with E-state index in [0.29, 0.717) is 5.75 Å². The predicted molar refractivity (Wildman–Crippen MR) is 103 cm³/mol. The largest absolute Gasteiger partial charge is 0.497 e. The molecule has 0 amide bonds. The molecule has 4 rings (SSSR count). The normalized spacial score (nSPS) is 18.5. The van der Waals surface area contributed by atoms with Crippen molar-refractivity contribution in [2.45, 2.75) is 11.8 Å². The molecule has 1 aliphatic heterocycles. The van der Waals surface area contributed by atoms with Gasteiger partial charge in [0, 0.05) is 17.4 Å². The summed E-state index contributed by atoms with van der Waals surface area (Å²) in [4.78, 5) is 18.2. The number of hydrogen-bond acceptors (Lipinski definition) is 5. The van der Waals surface area contributed by atoms with Gasteiger partial charge in [-0.3, -0.25) is 9.69 Å². The zero-order chi connectivity index (χ0) is 20.6. The molecule has 0 aliphatic carbocycles. The van der Waals surface area contributed by atoms with Crippen LogP contribution in [-0.2, 0) is 0 Å². The highest BCUT2D eigenvalue weighted by molar-refractivity contribution is 6.17. The van der Waals surface area contributed by atoms with Gasteiger partial charge in [-0.15, -0.1) is 0 Å². The van der Waals surface area contributed by atoms with Crippen molar-refractivity contribution >= 4 is 23.0 Å². The lowest BCUT2D eigenvalue weighted by Crippen LogP contribution is -2.65. The quantitative estimate of drug-likeness (QED) is 0.683. The molecule has 0 bridgehead atoms. The summed E-state index contributed by atoms with van der Waals surface area (Å²) in [6.07, 6.45) is -3.57. The number of methoxy groups -OCH3 is 1. The van der Waals surface area contributed by atoms with Crippen LogP contribution in [0.4, 0.5) is 30.4 Å². The maximum Gasteiger partial charge on any atom is 0.438 e. The van der Waals surface area contributed by atoms with Crippen molar-refractivity contribution in [3.63, 3.8) is 0 Å². The summed E-state index contributed by atoms with van der Waals surface area (Å²) in [7, 11) is 1.46. The minimum atomic E-state index is -4.96. The van der Waals surface area contributed by atoms with Gasteiger partial charge < -0.3 is 10.1 Å². The number of halogens is 3. The number of hydrogen-bond donors (Lipinski definition) is 1. The van der Waals surface area contributed by atoms with Crippen LogP contribution in [0.1, 0.15) is 10.4 Å². The van der Waals surface area contributed by atoms with E-state index in [0.717, 1.165) is 4.90 Å². The second-order valence-electron chi connectivity index (χ2n) is 6.43. The topological polar surface area (TPSA) is 54.5 Å². The van der Waals surface area contributed by atoms with Crippen molar-refractivity contribution in [1.82, 2.24) is 4.98 Å². The summed E-state index contributed by atoms with van der Waals surface area (Å²) in [5, 5.41) is 2.45.